The number of urea groups is 1. The Bertz CT molecular complexity index is 658. The van der Waals surface area contributed by atoms with Crippen molar-refractivity contribution < 1.29 is 14.0 Å². The smallest absolute Gasteiger partial charge is 0.315 e. The van der Waals surface area contributed by atoms with Gasteiger partial charge in [-0.25, -0.2) is 4.79 Å². The molecule has 0 saturated heterocycles. The highest BCUT2D eigenvalue weighted by Crippen LogP contribution is 2.22. The summed E-state index contributed by atoms with van der Waals surface area (Å²) in [5.41, 5.74) is 0.994. The van der Waals surface area contributed by atoms with E-state index in [1.54, 1.807) is 12.1 Å². The third kappa shape index (κ3) is 5.14. The van der Waals surface area contributed by atoms with E-state index in [1.807, 2.05) is 31.2 Å². The molecule has 2 rings (SSSR count). The fourth-order valence-electron chi connectivity index (χ4n) is 2.00. The summed E-state index contributed by atoms with van der Waals surface area (Å²) in [6.45, 7) is 2.54. The molecule has 6 nitrogen and oxygen atoms in total. The number of benzene rings is 1. The van der Waals surface area contributed by atoms with Crippen molar-refractivity contribution in [2.75, 3.05) is 13.1 Å². The van der Waals surface area contributed by atoms with Crippen LogP contribution >= 0.6 is 15.9 Å². The molecular weight excluding hydrogens is 362 g/mol. The summed E-state index contributed by atoms with van der Waals surface area (Å²) in [5, 5.41) is 8.19. The van der Waals surface area contributed by atoms with E-state index in [4.69, 9.17) is 4.42 Å². The Balaban J connectivity index is 1.69. The highest BCUT2D eigenvalue weighted by Gasteiger charge is 2.12. The van der Waals surface area contributed by atoms with Crippen LogP contribution in [0.3, 0.4) is 0 Å². The number of carbonyl (C=O) groups is 2. The first kappa shape index (κ1) is 17.1. The second-order valence-corrected chi connectivity index (χ2v) is 5.73. The molecule has 0 bridgehead atoms. The Morgan fingerprint density at radius 3 is 2.57 bits per heavy atom. The van der Waals surface area contributed by atoms with Crippen LogP contribution in [0.1, 0.15) is 29.1 Å². The maximum absolute atomic E-state index is 11.8. The Labute approximate surface area is 142 Å². The highest BCUT2D eigenvalue weighted by atomic mass is 79.9. The minimum Gasteiger partial charge on any atom is -0.459 e. The number of halogens is 1. The van der Waals surface area contributed by atoms with Gasteiger partial charge in [-0.2, -0.15) is 0 Å². The lowest BCUT2D eigenvalue weighted by Crippen LogP contribution is -2.41. The van der Waals surface area contributed by atoms with Crippen molar-refractivity contribution in [3.63, 3.8) is 0 Å². The SMILES string of the molecule is CC(NC(=O)NCCNC(=O)c1ccco1)c1ccccc1Br. The number of furan rings is 1. The van der Waals surface area contributed by atoms with Crippen LogP contribution in [-0.2, 0) is 0 Å². The lowest BCUT2D eigenvalue weighted by Gasteiger charge is -2.16. The van der Waals surface area contributed by atoms with Gasteiger partial charge in [-0.15, -0.1) is 0 Å². The first-order valence-corrected chi connectivity index (χ1v) is 7.97. The molecule has 1 aromatic carbocycles. The molecule has 2 aromatic rings. The van der Waals surface area contributed by atoms with Gasteiger partial charge < -0.3 is 20.4 Å². The van der Waals surface area contributed by atoms with Gasteiger partial charge in [-0.05, 0) is 30.7 Å². The van der Waals surface area contributed by atoms with Crippen molar-refractivity contribution in [3.05, 3.63) is 58.5 Å². The summed E-state index contributed by atoms with van der Waals surface area (Å²) >= 11 is 3.46. The summed E-state index contributed by atoms with van der Waals surface area (Å²) in [5.74, 6) is -0.0595. The molecule has 3 N–H and O–H groups in total. The Morgan fingerprint density at radius 2 is 1.87 bits per heavy atom. The normalized spacial score (nSPS) is 11.6. The number of amides is 3. The molecular formula is C16H18BrN3O3. The van der Waals surface area contributed by atoms with Crippen LogP contribution in [-0.4, -0.2) is 25.0 Å². The third-order valence-electron chi connectivity index (χ3n) is 3.16. The van der Waals surface area contributed by atoms with E-state index in [0.29, 0.717) is 13.1 Å². The lowest BCUT2D eigenvalue weighted by molar-refractivity contribution is 0.0926. The van der Waals surface area contributed by atoms with Crippen molar-refractivity contribution in [1.29, 1.82) is 0 Å². The highest BCUT2D eigenvalue weighted by molar-refractivity contribution is 9.10. The van der Waals surface area contributed by atoms with Crippen molar-refractivity contribution in [1.82, 2.24) is 16.0 Å². The molecule has 1 unspecified atom stereocenters. The molecule has 0 aliphatic rings. The van der Waals surface area contributed by atoms with Gasteiger partial charge >= 0.3 is 6.03 Å². The predicted octanol–water partition coefficient (Wildman–Crippen LogP) is 2.83. The molecule has 0 aliphatic carbocycles. The first-order valence-electron chi connectivity index (χ1n) is 7.18. The number of hydrogen-bond donors (Lipinski definition) is 3. The van der Waals surface area contributed by atoms with Gasteiger partial charge in [-0.1, -0.05) is 34.1 Å². The Morgan fingerprint density at radius 1 is 1.13 bits per heavy atom. The van der Waals surface area contributed by atoms with Crippen LogP contribution in [0.5, 0.6) is 0 Å². The van der Waals surface area contributed by atoms with Crippen molar-refractivity contribution >= 4 is 27.9 Å². The Kier molecular flexibility index (Phi) is 6.22. The second-order valence-electron chi connectivity index (χ2n) is 4.88. The van der Waals surface area contributed by atoms with E-state index in [-0.39, 0.29) is 23.7 Å². The van der Waals surface area contributed by atoms with E-state index in [2.05, 4.69) is 31.9 Å². The maximum Gasteiger partial charge on any atom is 0.315 e. The third-order valence-corrected chi connectivity index (χ3v) is 3.88. The van der Waals surface area contributed by atoms with Crippen LogP contribution in [0.15, 0.2) is 51.6 Å². The number of carbonyl (C=O) groups excluding carboxylic acids is 2. The molecule has 1 aromatic heterocycles. The van der Waals surface area contributed by atoms with Crippen molar-refractivity contribution in [3.8, 4) is 0 Å². The molecule has 7 heteroatoms. The molecule has 0 spiro atoms. The molecule has 0 radical (unpaired) electrons. The average Bonchev–Trinajstić information content (AvgIpc) is 3.06. The molecule has 0 saturated carbocycles. The zero-order chi connectivity index (χ0) is 16.7. The summed E-state index contributed by atoms with van der Waals surface area (Å²) in [6.07, 6.45) is 1.43. The fourth-order valence-corrected chi connectivity index (χ4v) is 2.63. The average molecular weight is 380 g/mol. The topological polar surface area (TPSA) is 83.4 Å². The van der Waals surface area contributed by atoms with Crippen LogP contribution in [0, 0.1) is 0 Å². The standard InChI is InChI=1S/C16H18BrN3O3/c1-11(12-5-2-3-6-13(12)17)20-16(22)19-9-8-18-15(21)14-7-4-10-23-14/h2-7,10-11H,8-9H2,1H3,(H,18,21)(H2,19,20,22). The molecule has 122 valence electrons. The summed E-state index contributed by atoms with van der Waals surface area (Å²) in [7, 11) is 0. The van der Waals surface area contributed by atoms with Gasteiger partial charge in [-0.3, -0.25) is 4.79 Å². The van der Waals surface area contributed by atoms with E-state index in [1.165, 1.54) is 6.26 Å². The van der Waals surface area contributed by atoms with E-state index in [0.717, 1.165) is 10.0 Å². The summed E-state index contributed by atoms with van der Waals surface area (Å²) < 4.78 is 5.91. The van der Waals surface area contributed by atoms with Gasteiger partial charge in [0.1, 0.15) is 0 Å². The van der Waals surface area contributed by atoms with Crippen LogP contribution in [0.4, 0.5) is 4.79 Å². The van der Waals surface area contributed by atoms with Gasteiger partial charge in [0.2, 0.25) is 0 Å². The summed E-state index contributed by atoms with van der Waals surface area (Å²) in [4.78, 5) is 23.5. The number of hydrogen-bond acceptors (Lipinski definition) is 3. The molecule has 0 fully saturated rings. The number of nitrogens with one attached hydrogen (secondary N) is 3. The maximum atomic E-state index is 11.8. The largest absolute Gasteiger partial charge is 0.459 e. The van der Waals surface area contributed by atoms with Crippen molar-refractivity contribution in [2.24, 2.45) is 0 Å². The quantitative estimate of drug-likeness (QED) is 0.674. The fraction of sp³-hybridized carbons (Fsp3) is 0.250. The van der Waals surface area contributed by atoms with E-state index >= 15 is 0 Å². The van der Waals surface area contributed by atoms with E-state index < -0.39 is 0 Å². The van der Waals surface area contributed by atoms with Gasteiger partial charge in [0, 0.05) is 17.6 Å². The lowest BCUT2D eigenvalue weighted by atomic mass is 10.1. The zero-order valence-electron chi connectivity index (χ0n) is 12.6. The zero-order valence-corrected chi connectivity index (χ0v) is 14.2. The second kappa shape index (κ2) is 8.38. The molecule has 3 amide bonds. The molecule has 1 heterocycles. The Hall–Kier alpha value is -2.28. The van der Waals surface area contributed by atoms with Crippen molar-refractivity contribution in [2.45, 2.75) is 13.0 Å². The predicted molar refractivity (Wildman–Crippen MR) is 90.1 cm³/mol. The van der Waals surface area contributed by atoms with E-state index in [9.17, 15) is 9.59 Å². The molecule has 0 aliphatic heterocycles. The number of rotatable bonds is 6. The molecule has 1 atom stereocenters. The van der Waals surface area contributed by atoms with Crippen LogP contribution < -0.4 is 16.0 Å². The van der Waals surface area contributed by atoms with Crippen LogP contribution in [0.2, 0.25) is 0 Å². The van der Waals surface area contributed by atoms with Crippen LogP contribution in [0.25, 0.3) is 0 Å². The van der Waals surface area contributed by atoms with Gasteiger partial charge in [0.05, 0.1) is 12.3 Å². The minimum atomic E-state index is -0.307. The minimum absolute atomic E-state index is 0.136. The molecule has 23 heavy (non-hydrogen) atoms. The first-order chi connectivity index (χ1) is 11.1. The van der Waals surface area contributed by atoms with Gasteiger partial charge in [0.25, 0.3) is 5.91 Å². The van der Waals surface area contributed by atoms with Gasteiger partial charge in [0.15, 0.2) is 5.76 Å². The monoisotopic (exact) mass is 379 g/mol. The summed E-state index contributed by atoms with van der Waals surface area (Å²) in [6, 6.07) is 10.5.